The van der Waals surface area contributed by atoms with Crippen LogP contribution in [0.3, 0.4) is 0 Å². The van der Waals surface area contributed by atoms with Gasteiger partial charge in [0.2, 0.25) is 5.91 Å². The first-order valence-corrected chi connectivity index (χ1v) is 14.6. The number of esters is 1. The van der Waals surface area contributed by atoms with Crippen LogP contribution in [-0.2, 0) is 14.9 Å². The van der Waals surface area contributed by atoms with Gasteiger partial charge >= 0.3 is 5.97 Å². The lowest BCUT2D eigenvalue weighted by molar-refractivity contribution is -0.132. The molecule has 2 aliphatic heterocycles. The van der Waals surface area contributed by atoms with Crippen LogP contribution in [0.2, 0.25) is 0 Å². The van der Waals surface area contributed by atoms with Crippen molar-refractivity contribution in [1.29, 1.82) is 0 Å². The maximum Gasteiger partial charge on any atom is 0.338 e. The maximum absolute atomic E-state index is 12.8. The second-order valence-electron chi connectivity index (χ2n) is 11.8. The van der Waals surface area contributed by atoms with Crippen molar-refractivity contribution in [3.8, 4) is 0 Å². The van der Waals surface area contributed by atoms with E-state index >= 15 is 0 Å². The fourth-order valence-electron chi connectivity index (χ4n) is 5.44. The van der Waals surface area contributed by atoms with Gasteiger partial charge in [0, 0.05) is 63.1 Å². The predicted octanol–water partition coefficient (Wildman–Crippen LogP) is 5.80. The van der Waals surface area contributed by atoms with Crippen molar-refractivity contribution >= 4 is 23.3 Å². The third kappa shape index (κ3) is 8.72. The molecule has 2 saturated heterocycles. The van der Waals surface area contributed by atoms with E-state index in [9.17, 15) is 9.59 Å². The Labute approximate surface area is 241 Å². The molecule has 0 spiro atoms. The van der Waals surface area contributed by atoms with E-state index in [0.29, 0.717) is 24.6 Å². The van der Waals surface area contributed by atoms with Crippen LogP contribution in [-0.4, -0.2) is 80.1 Å². The highest BCUT2D eigenvalue weighted by atomic mass is 16.5. The smallest absolute Gasteiger partial charge is 0.338 e. The second kappa shape index (κ2) is 14.5. The van der Waals surface area contributed by atoms with Crippen molar-refractivity contribution in [2.45, 2.75) is 72.3 Å². The van der Waals surface area contributed by atoms with Crippen LogP contribution in [0, 0.1) is 0 Å². The van der Waals surface area contributed by atoms with E-state index in [4.69, 9.17) is 4.74 Å². The van der Waals surface area contributed by atoms with Gasteiger partial charge in [0.25, 0.3) is 0 Å². The molecule has 0 radical (unpaired) electrons. The number of ether oxygens (including phenoxy) is 1. The number of rotatable bonds is 9. The number of hydrogen-bond acceptors (Lipinski definition) is 6. The van der Waals surface area contributed by atoms with Crippen molar-refractivity contribution in [3.05, 3.63) is 59.7 Å². The van der Waals surface area contributed by atoms with Gasteiger partial charge in [-0.05, 0) is 80.1 Å². The molecule has 220 valence electrons. The van der Waals surface area contributed by atoms with Gasteiger partial charge < -0.3 is 19.9 Å². The number of anilines is 2. The lowest BCUT2D eigenvalue weighted by Crippen LogP contribution is -2.47. The van der Waals surface area contributed by atoms with Crippen molar-refractivity contribution in [1.82, 2.24) is 9.80 Å². The minimum absolute atomic E-state index is 0. The monoisotopic (exact) mass is 550 g/mol. The third-order valence-electron chi connectivity index (χ3n) is 7.95. The molecule has 7 nitrogen and oxygen atoms in total. The normalized spacial score (nSPS) is 16.8. The second-order valence-corrected chi connectivity index (χ2v) is 11.8. The molecule has 0 aliphatic carbocycles. The first-order valence-electron chi connectivity index (χ1n) is 14.6. The van der Waals surface area contributed by atoms with E-state index in [2.05, 4.69) is 60.2 Å². The quantitative estimate of drug-likeness (QED) is 0.398. The Hall–Kier alpha value is -3.06. The van der Waals surface area contributed by atoms with Crippen LogP contribution < -0.4 is 10.2 Å². The SMILES string of the molecule is C.CCOC(=O)c1ccc(NC2CCN(C(=O)CCCN3CCN(c4ccc(C(C)(C)C)cc4)CC3)CC2)cc1. The van der Waals surface area contributed by atoms with Crippen LogP contribution in [0.25, 0.3) is 0 Å². The van der Waals surface area contributed by atoms with E-state index in [1.54, 1.807) is 19.1 Å². The Balaban J connectivity index is 0.00000441. The molecule has 2 fully saturated rings. The minimum atomic E-state index is -0.292. The summed E-state index contributed by atoms with van der Waals surface area (Å²) in [7, 11) is 0. The molecular weight excluding hydrogens is 500 g/mol. The molecule has 40 heavy (non-hydrogen) atoms. The summed E-state index contributed by atoms with van der Waals surface area (Å²) >= 11 is 0. The van der Waals surface area contributed by atoms with Gasteiger partial charge in [-0.3, -0.25) is 9.69 Å². The molecule has 0 unspecified atom stereocenters. The number of piperidine rings is 1. The molecule has 4 rings (SSSR count). The predicted molar refractivity (Wildman–Crippen MR) is 165 cm³/mol. The van der Waals surface area contributed by atoms with E-state index in [1.165, 1.54) is 11.3 Å². The first-order chi connectivity index (χ1) is 18.7. The van der Waals surface area contributed by atoms with Crippen molar-refractivity contribution < 1.29 is 14.3 Å². The highest BCUT2D eigenvalue weighted by Gasteiger charge is 2.23. The average molecular weight is 551 g/mol. The number of hydrogen-bond donors (Lipinski definition) is 1. The Morgan fingerprint density at radius 1 is 0.900 bits per heavy atom. The van der Waals surface area contributed by atoms with Gasteiger partial charge in [0.1, 0.15) is 0 Å². The molecule has 2 heterocycles. The minimum Gasteiger partial charge on any atom is -0.462 e. The number of likely N-dealkylation sites (tertiary alicyclic amines) is 1. The zero-order chi connectivity index (χ0) is 27.8. The third-order valence-corrected chi connectivity index (χ3v) is 7.95. The standard InChI is InChI=1S/C32H46N4O3.CH4/c1-5-39-31(38)25-8-12-27(13-9-25)33-28-16-19-36(20-17-28)30(37)7-6-18-34-21-23-35(24-22-34)29-14-10-26(11-15-29)32(2,3)4;/h8-15,28,33H,5-7,16-24H2,1-4H3;1H4. The molecule has 0 bridgehead atoms. The lowest BCUT2D eigenvalue weighted by atomic mass is 9.87. The fraction of sp³-hybridized carbons (Fsp3) is 0.576. The number of amides is 1. The molecule has 7 heteroatoms. The molecule has 0 aromatic heterocycles. The summed E-state index contributed by atoms with van der Waals surface area (Å²) < 4.78 is 5.05. The van der Waals surface area contributed by atoms with Crippen LogP contribution in [0.1, 0.15) is 76.7 Å². The molecule has 0 saturated carbocycles. The van der Waals surface area contributed by atoms with Crippen molar-refractivity contribution in [3.63, 3.8) is 0 Å². The summed E-state index contributed by atoms with van der Waals surface area (Å²) in [6, 6.07) is 16.8. The number of benzene rings is 2. The summed E-state index contributed by atoms with van der Waals surface area (Å²) in [5, 5.41) is 3.55. The fourth-order valence-corrected chi connectivity index (χ4v) is 5.44. The molecule has 1 N–H and O–H groups in total. The van der Waals surface area contributed by atoms with E-state index in [-0.39, 0.29) is 24.7 Å². The van der Waals surface area contributed by atoms with Crippen LogP contribution in [0.5, 0.6) is 0 Å². The molecule has 2 aromatic rings. The summed E-state index contributed by atoms with van der Waals surface area (Å²) in [4.78, 5) is 31.7. The Kier molecular flexibility index (Phi) is 11.4. The van der Waals surface area contributed by atoms with Crippen molar-refractivity contribution in [2.75, 3.05) is 62.6 Å². The topological polar surface area (TPSA) is 65.1 Å². The Morgan fingerprint density at radius 2 is 1.52 bits per heavy atom. The molecule has 2 aromatic carbocycles. The Bertz CT molecular complexity index is 1060. The van der Waals surface area contributed by atoms with Gasteiger partial charge in [-0.15, -0.1) is 0 Å². The highest BCUT2D eigenvalue weighted by molar-refractivity contribution is 5.89. The number of piperazine rings is 1. The van der Waals surface area contributed by atoms with E-state index in [0.717, 1.165) is 70.8 Å². The molecule has 0 atom stereocenters. The van der Waals surface area contributed by atoms with Gasteiger partial charge in [0.15, 0.2) is 0 Å². The zero-order valence-electron chi connectivity index (χ0n) is 24.2. The number of carbonyl (C=O) groups excluding carboxylic acids is 2. The number of carbonyl (C=O) groups is 2. The highest BCUT2D eigenvalue weighted by Crippen LogP contribution is 2.25. The number of nitrogens with one attached hydrogen (secondary N) is 1. The van der Waals surface area contributed by atoms with Crippen LogP contribution in [0.15, 0.2) is 48.5 Å². The van der Waals surface area contributed by atoms with Gasteiger partial charge in [0.05, 0.1) is 12.2 Å². The number of nitrogens with zero attached hydrogens (tertiary/aromatic N) is 3. The van der Waals surface area contributed by atoms with Gasteiger partial charge in [-0.2, -0.15) is 0 Å². The van der Waals surface area contributed by atoms with E-state index < -0.39 is 0 Å². The molecule has 1 amide bonds. The van der Waals surface area contributed by atoms with Crippen LogP contribution >= 0.6 is 0 Å². The largest absolute Gasteiger partial charge is 0.462 e. The summed E-state index contributed by atoms with van der Waals surface area (Å²) in [5.41, 5.74) is 4.43. The van der Waals surface area contributed by atoms with Gasteiger partial charge in [-0.1, -0.05) is 40.3 Å². The average Bonchev–Trinajstić information content (AvgIpc) is 2.94. The van der Waals surface area contributed by atoms with Gasteiger partial charge in [-0.25, -0.2) is 4.79 Å². The lowest BCUT2D eigenvalue weighted by Gasteiger charge is -2.36. The summed E-state index contributed by atoms with van der Waals surface area (Å²) in [5.74, 6) is -0.00940. The molecule has 2 aliphatic rings. The first kappa shape index (κ1) is 31.5. The van der Waals surface area contributed by atoms with Crippen LogP contribution in [0.4, 0.5) is 11.4 Å². The zero-order valence-corrected chi connectivity index (χ0v) is 24.2. The van der Waals surface area contributed by atoms with Crippen molar-refractivity contribution in [2.24, 2.45) is 0 Å². The van der Waals surface area contributed by atoms with E-state index in [1.807, 2.05) is 17.0 Å². The summed E-state index contributed by atoms with van der Waals surface area (Å²) in [6.45, 7) is 15.7. The summed E-state index contributed by atoms with van der Waals surface area (Å²) in [6.07, 6.45) is 3.42. The Morgan fingerprint density at radius 3 is 2.10 bits per heavy atom. The maximum atomic E-state index is 12.8. The molecular formula is C33H50N4O3.